The molecule has 2 heterocycles. The lowest BCUT2D eigenvalue weighted by molar-refractivity contribution is -0.142. The molecule has 1 N–H and O–H groups in total. The summed E-state index contributed by atoms with van der Waals surface area (Å²) < 4.78 is 12.7. The average molecular weight is 318 g/mol. The van der Waals surface area contributed by atoms with E-state index < -0.39 is 0 Å². The molecular formula is C15H14N2O4S. The monoisotopic (exact) mass is 318 g/mol. The zero-order valence-corrected chi connectivity index (χ0v) is 12.7. The van der Waals surface area contributed by atoms with E-state index in [0.717, 1.165) is 5.56 Å². The Hall–Kier alpha value is -2.41. The van der Waals surface area contributed by atoms with Gasteiger partial charge in [-0.05, 0) is 17.8 Å². The number of benzene rings is 1. The maximum absolute atomic E-state index is 12.3. The Balaban J connectivity index is 2.11. The summed E-state index contributed by atoms with van der Waals surface area (Å²) in [5, 5.41) is 0. The van der Waals surface area contributed by atoms with Crippen LogP contribution < -0.4 is 10.3 Å². The van der Waals surface area contributed by atoms with Crippen molar-refractivity contribution in [3.63, 3.8) is 0 Å². The first-order valence-corrected chi connectivity index (χ1v) is 7.19. The molecular weight excluding hydrogens is 304 g/mol. The Morgan fingerprint density at radius 3 is 2.86 bits per heavy atom. The molecule has 0 fully saturated rings. The van der Waals surface area contributed by atoms with E-state index in [-0.39, 0.29) is 28.9 Å². The molecule has 3 rings (SSSR count). The third-order valence-corrected chi connectivity index (χ3v) is 3.72. The van der Waals surface area contributed by atoms with Crippen molar-refractivity contribution in [3.8, 4) is 17.0 Å². The molecule has 0 amide bonds. The second-order valence-corrected chi connectivity index (χ2v) is 5.33. The molecule has 0 aliphatic carbocycles. The first-order chi connectivity index (χ1) is 10.6. The van der Waals surface area contributed by atoms with Gasteiger partial charge in [0.25, 0.3) is 5.56 Å². The zero-order chi connectivity index (χ0) is 15.7. The fourth-order valence-corrected chi connectivity index (χ4v) is 2.77. The summed E-state index contributed by atoms with van der Waals surface area (Å²) in [6, 6.07) is 8.98. The second kappa shape index (κ2) is 5.76. The molecule has 1 unspecified atom stereocenters. The van der Waals surface area contributed by atoms with Crippen LogP contribution in [-0.2, 0) is 9.53 Å². The van der Waals surface area contributed by atoms with Crippen LogP contribution >= 0.6 is 12.2 Å². The van der Waals surface area contributed by atoms with Crippen LogP contribution in [0.5, 0.6) is 5.88 Å². The highest BCUT2D eigenvalue weighted by Crippen LogP contribution is 2.33. The fraction of sp³-hybridized carbons (Fsp3) is 0.267. The van der Waals surface area contributed by atoms with Gasteiger partial charge in [0, 0.05) is 6.92 Å². The Morgan fingerprint density at radius 1 is 1.45 bits per heavy atom. The Labute approximate surface area is 131 Å². The lowest BCUT2D eigenvalue weighted by Gasteiger charge is -2.13. The molecule has 1 aliphatic heterocycles. The first-order valence-electron chi connectivity index (χ1n) is 6.78. The molecule has 7 heteroatoms. The van der Waals surface area contributed by atoms with Gasteiger partial charge in [-0.25, -0.2) is 0 Å². The largest absolute Gasteiger partial charge is 0.476 e. The summed E-state index contributed by atoms with van der Waals surface area (Å²) in [5.41, 5.74) is 0.880. The summed E-state index contributed by atoms with van der Waals surface area (Å²) >= 11 is 5.22. The van der Waals surface area contributed by atoms with Crippen molar-refractivity contribution in [2.75, 3.05) is 13.2 Å². The maximum Gasteiger partial charge on any atom is 0.302 e. The average Bonchev–Trinajstić information content (AvgIpc) is 2.90. The topological polar surface area (TPSA) is 73.3 Å². The lowest BCUT2D eigenvalue weighted by atomic mass is 10.1. The molecule has 0 saturated carbocycles. The van der Waals surface area contributed by atoms with Crippen LogP contribution in [0, 0.1) is 4.77 Å². The van der Waals surface area contributed by atoms with Crippen LogP contribution in [0.3, 0.4) is 0 Å². The van der Waals surface area contributed by atoms with Crippen molar-refractivity contribution in [1.82, 2.24) is 9.55 Å². The smallest absolute Gasteiger partial charge is 0.302 e. The number of hydrogen-bond donors (Lipinski definition) is 1. The van der Waals surface area contributed by atoms with Crippen molar-refractivity contribution < 1.29 is 14.3 Å². The number of hydrogen-bond acceptors (Lipinski definition) is 5. The highest BCUT2D eigenvalue weighted by molar-refractivity contribution is 7.71. The van der Waals surface area contributed by atoms with Crippen LogP contribution in [0.1, 0.15) is 13.0 Å². The molecule has 0 bridgehead atoms. The van der Waals surface area contributed by atoms with Crippen LogP contribution in [0.2, 0.25) is 0 Å². The molecule has 22 heavy (non-hydrogen) atoms. The van der Waals surface area contributed by atoms with Gasteiger partial charge in [0.1, 0.15) is 24.8 Å². The van der Waals surface area contributed by atoms with E-state index in [1.54, 1.807) is 4.57 Å². The van der Waals surface area contributed by atoms with Gasteiger partial charge >= 0.3 is 5.97 Å². The Bertz CT molecular complexity index is 826. The van der Waals surface area contributed by atoms with Gasteiger partial charge in [-0.1, -0.05) is 30.3 Å². The van der Waals surface area contributed by atoms with Crippen LogP contribution in [0.15, 0.2) is 35.1 Å². The predicted octanol–water partition coefficient (Wildman–Crippen LogP) is 2.07. The number of rotatable bonds is 3. The number of aromatic amines is 1. The molecule has 6 nitrogen and oxygen atoms in total. The number of aromatic nitrogens is 2. The predicted molar refractivity (Wildman–Crippen MR) is 82.5 cm³/mol. The van der Waals surface area contributed by atoms with E-state index in [1.165, 1.54) is 6.92 Å². The minimum Gasteiger partial charge on any atom is -0.476 e. The molecule has 114 valence electrons. The van der Waals surface area contributed by atoms with Gasteiger partial charge in [0.15, 0.2) is 4.77 Å². The van der Waals surface area contributed by atoms with Gasteiger partial charge in [0.05, 0.1) is 0 Å². The summed E-state index contributed by atoms with van der Waals surface area (Å²) in [5.74, 6) is 0.0461. The molecule has 0 saturated heterocycles. The normalized spacial score (nSPS) is 16.0. The lowest BCUT2D eigenvalue weighted by Crippen LogP contribution is -2.20. The van der Waals surface area contributed by atoms with E-state index in [2.05, 4.69) is 4.98 Å². The third-order valence-electron chi connectivity index (χ3n) is 3.42. The number of nitrogens with zero attached hydrogens (tertiary/aromatic N) is 1. The molecule has 0 radical (unpaired) electrons. The second-order valence-electron chi connectivity index (χ2n) is 4.94. The maximum atomic E-state index is 12.3. The highest BCUT2D eigenvalue weighted by atomic mass is 32.1. The number of ether oxygens (including phenoxy) is 2. The number of nitrogens with one attached hydrogen (secondary N) is 1. The zero-order valence-electron chi connectivity index (χ0n) is 11.9. The minimum absolute atomic E-state index is 0.150. The van der Waals surface area contributed by atoms with Crippen molar-refractivity contribution in [3.05, 3.63) is 45.5 Å². The van der Waals surface area contributed by atoms with Crippen LogP contribution in [0.25, 0.3) is 11.1 Å². The Morgan fingerprint density at radius 2 is 2.18 bits per heavy atom. The number of carbonyl (C=O) groups is 1. The van der Waals surface area contributed by atoms with E-state index >= 15 is 0 Å². The highest BCUT2D eigenvalue weighted by Gasteiger charge is 2.29. The molecule has 1 atom stereocenters. The van der Waals surface area contributed by atoms with Crippen molar-refractivity contribution in [1.29, 1.82) is 0 Å². The molecule has 0 spiro atoms. The molecule has 1 aliphatic rings. The van der Waals surface area contributed by atoms with Crippen molar-refractivity contribution in [2.45, 2.75) is 13.0 Å². The third kappa shape index (κ3) is 2.55. The number of carbonyl (C=O) groups excluding carboxylic acids is 1. The summed E-state index contributed by atoms with van der Waals surface area (Å²) in [6.07, 6.45) is 0. The van der Waals surface area contributed by atoms with Gasteiger partial charge in [-0.3, -0.25) is 19.1 Å². The van der Waals surface area contributed by atoms with Crippen molar-refractivity contribution in [2.24, 2.45) is 0 Å². The quantitative estimate of drug-likeness (QED) is 0.693. The van der Waals surface area contributed by atoms with Gasteiger partial charge in [-0.2, -0.15) is 0 Å². The van der Waals surface area contributed by atoms with Crippen LogP contribution in [-0.4, -0.2) is 28.7 Å². The number of H-pyrrole nitrogens is 1. The first kappa shape index (κ1) is 14.5. The van der Waals surface area contributed by atoms with E-state index in [9.17, 15) is 9.59 Å². The standard InChI is InChI=1S/C15H14N2O4S/c1-9(18)20-7-11-8-21-14-12(10-5-3-2-4-6-10)13(19)16-15(22)17(11)14/h2-6,11H,7-8H2,1H3,(H,16,19,22). The van der Waals surface area contributed by atoms with Gasteiger partial charge < -0.3 is 9.47 Å². The molecule has 1 aromatic carbocycles. The van der Waals surface area contributed by atoms with E-state index in [4.69, 9.17) is 21.7 Å². The van der Waals surface area contributed by atoms with Gasteiger partial charge in [0.2, 0.25) is 5.88 Å². The van der Waals surface area contributed by atoms with E-state index in [0.29, 0.717) is 18.1 Å². The number of fused-ring (bicyclic) bond motifs is 1. The molecule has 2 aromatic rings. The summed E-state index contributed by atoms with van der Waals surface area (Å²) in [6.45, 7) is 1.79. The minimum atomic E-state index is -0.368. The number of esters is 1. The van der Waals surface area contributed by atoms with Crippen molar-refractivity contribution >= 4 is 18.2 Å². The SMILES string of the molecule is CC(=O)OCC1COc2c(-c3ccccc3)c(=O)[nH]c(=S)n21. The van der Waals surface area contributed by atoms with E-state index in [1.807, 2.05) is 30.3 Å². The summed E-state index contributed by atoms with van der Waals surface area (Å²) in [7, 11) is 0. The fourth-order valence-electron chi connectivity index (χ4n) is 2.45. The Kier molecular flexibility index (Phi) is 3.81. The van der Waals surface area contributed by atoms with Gasteiger partial charge in [-0.15, -0.1) is 0 Å². The summed E-state index contributed by atoms with van der Waals surface area (Å²) in [4.78, 5) is 25.9. The molecule has 1 aromatic heterocycles. The van der Waals surface area contributed by atoms with Crippen LogP contribution in [0.4, 0.5) is 0 Å².